The number of ether oxygens (including phenoxy) is 3. The minimum Gasteiger partial charge on any atom is -0.504 e. The Kier molecular flexibility index (Phi) is 9.76. The summed E-state index contributed by atoms with van der Waals surface area (Å²) in [6.07, 6.45) is 0.843. The van der Waals surface area contributed by atoms with Crippen LogP contribution < -0.4 is 14.8 Å². The number of carboxylic acids is 1. The Morgan fingerprint density at radius 1 is 1.06 bits per heavy atom. The van der Waals surface area contributed by atoms with Crippen molar-refractivity contribution >= 4 is 33.7 Å². The van der Waals surface area contributed by atoms with Crippen LogP contribution in [0.1, 0.15) is 24.5 Å². The number of para-hydroxylation sites is 1. The van der Waals surface area contributed by atoms with Gasteiger partial charge in [0.25, 0.3) is 0 Å². The van der Waals surface area contributed by atoms with Crippen molar-refractivity contribution in [2.24, 2.45) is 0 Å². The lowest BCUT2D eigenvalue weighted by Gasteiger charge is -2.28. The summed E-state index contributed by atoms with van der Waals surface area (Å²) >= 11 is 3.35. The molecule has 0 spiro atoms. The summed E-state index contributed by atoms with van der Waals surface area (Å²) in [7, 11) is 1.43. The number of nitrogens with one attached hydrogen (secondary N) is 1. The molecule has 3 aromatic rings. The van der Waals surface area contributed by atoms with Crippen LogP contribution in [-0.2, 0) is 9.53 Å². The first kappa shape index (κ1) is 26.6. The fraction of sp³-hybridized carbons (Fsp3) is 0.185. The molecule has 9 heteroatoms. The van der Waals surface area contributed by atoms with Crippen LogP contribution in [0.4, 0.5) is 10.5 Å². The third-order valence-electron chi connectivity index (χ3n) is 5.10. The van der Waals surface area contributed by atoms with Crippen LogP contribution in [0.3, 0.4) is 0 Å². The zero-order valence-electron chi connectivity index (χ0n) is 19.5. The normalized spacial score (nSPS) is 12.5. The quantitative estimate of drug-likeness (QED) is 0.237. The number of halogens is 1. The highest BCUT2D eigenvalue weighted by Crippen LogP contribution is 2.34. The molecule has 0 saturated heterocycles. The van der Waals surface area contributed by atoms with Crippen molar-refractivity contribution in [3.05, 3.63) is 95.0 Å². The van der Waals surface area contributed by atoms with E-state index in [9.17, 15) is 14.7 Å². The number of hydrogen-bond acceptors (Lipinski definition) is 6. The Balaban J connectivity index is 1.92. The number of methoxy groups -OCH3 is 1. The molecule has 188 valence electrons. The highest BCUT2D eigenvalue weighted by Gasteiger charge is 2.30. The van der Waals surface area contributed by atoms with Gasteiger partial charge in [-0.2, -0.15) is 0 Å². The Hall–Kier alpha value is -3.98. The molecule has 0 aliphatic carbocycles. The van der Waals surface area contributed by atoms with Gasteiger partial charge in [-0.25, -0.2) is 9.59 Å². The Morgan fingerprint density at radius 3 is 2.42 bits per heavy atom. The fourth-order valence-electron chi connectivity index (χ4n) is 3.43. The van der Waals surface area contributed by atoms with Gasteiger partial charge in [-0.05, 0) is 61.4 Å². The van der Waals surface area contributed by atoms with Gasteiger partial charge in [0, 0.05) is 21.8 Å². The minimum atomic E-state index is -1.06. The van der Waals surface area contributed by atoms with Gasteiger partial charge in [0.2, 0.25) is 0 Å². The maximum Gasteiger partial charge on any atom is 0.412 e. The molecular weight excluding hydrogens is 530 g/mol. The summed E-state index contributed by atoms with van der Waals surface area (Å²) in [6.45, 7) is 0. The molecule has 0 aliphatic heterocycles. The maximum absolute atomic E-state index is 12.9. The van der Waals surface area contributed by atoms with Crippen molar-refractivity contribution in [1.29, 1.82) is 0 Å². The van der Waals surface area contributed by atoms with Crippen molar-refractivity contribution in [2.75, 3.05) is 12.4 Å². The number of carbonyl (C=O) groups excluding carboxylic acids is 1. The topological polar surface area (TPSA) is 114 Å². The molecule has 1 amide bonds. The fourth-order valence-corrected chi connectivity index (χ4v) is 3.69. The molecule has 8 nitrogen and oxygen atoms in total. The van der Waals surface area contributed by atoms with Crippen molar-refractivity contribution in [3.63, 3.8) is 0 Å². The van der Waals surface area contributed by atoms with Crippen molar-refractivity contribution in [1.82, 2.24) is 0 Å². The van der Waals surface area contributed by atoms with E-state index in [1.165, 1.54) is 19.3 Å². The molecule has 0 fully saturated rings. The summed E-state index contributed by atoms with van der Waals surface area (Å²) < 4.78 is 18.0. The van der Waals surface area contributed by atoms with Crippen LogP contribution in [0.25, 0.3) is 0 Å². The van der Waals surface area contributed by atoms with Crippen LogP contribution in [0.5, 0.6) is 17.2 Å². The second-order valence-electron chi connectivity index (χ2n) is 7.68. The number of rotatable bonds is 11. The van der Waals surface area contributed by atoms with E-state index in [0.717, 1.165) is 10.5 Å². The molecule has 0 unspecified atom stereocenters. The molecule has 3 aromatic carbocycles. The lowest BCUT2D eigenvalue weighted by Crippen LogP contribution is -2.31. The molecule has 0 aliphatic rings. The third-order valence-corrected chi connectivity index (χ3v) is 5.63. The standard InChI is InChI=1S/C27H26BrNO7/c1-34-23-16-11-18(17-22(23)30)26(36-27(33)29-20-14-12-19(28)13-15-20)24(9-5-6-10-25(31)32)35-21-7-3-2-4-8-21/h2-4,6-8,10-17,24,26,30H,5,9H2,1H3,(H,29,33)(H,31,32)/b10-6+/t24-,26-/m1/s1. The number of carboxylic acid groups (broad SMARTS) is 1. The third kappa shape index (κ3) is 8.06. The summed E-state index contributed by atoms with van der Waals surface area (Å²) in [5, 5.41) is 22.0. The molecule has 0 bridgehead atoms. The highest BCUT2D eigenvalue weighted by atomic mass is 79.9. The van der Waals surface area contributed by atoms with Gasteiger partial charge >= 0.3 is 12.1 Å². The SMILES string of the molecule is COc1ccc([C@@H](OC(=O)Nc2ccc(Br)cc2)[C@@H](CC/C=C/C(=O)O)Oc2ccccc2)cc1O. The smallest absolute Gasteiger partial charge is 0.412 e. The Morgan fingerprint density at radius 2 is 1.78 bits per heavy atom. The van der Waals surface area contributed by atoms with Crippen molar-refractivity contribution < 1.29 is 34.0 Å². The number of carbonyl (C=O) groups is 2. The highest BCUT2D eigenvalue weighted by molar-refractivity contribution is 9.10. The second-order valence-corrected chi connectivity index (χ2v) is 8.59. The van der Waals surface area contributed by atoms with Gasteiger partial charge in [-0.1, -0.05) is 46.3 Å². The summed E-state index contributed by atoms with van der Waals surface area (Å²) in [5.41, 5.74) is 1.01. The zero-order valence-corrected chi connectivity index (χ0v) is 21.1. The van der Waals surface area contributed by atoms with E-state index >= 15 is 0 Å². The molecule has 3 rings (SSSR count). The van der Waals surface area contributed by atoms with E-state index in [4.69, 9.17) is 19.3 Å². The van der Waals surface area contributed by atoms with E-state index in [1.807, 2.05) is 18.2 Å². The predicted molar refractivity (Wildman–Crippen MR) is 139 cm³/mol. The molecular formula is C27H26BrNO7. The monoisotopic (exact) mass is 555 g/mol. The van der Waals surface area contributed by atoms with Crippen LogP contribution >= 0.6 is 15.9 Å². The first-order chi connectivity index (χ1) is 17.4. The van der Waals surface area contributed by atoms with E-state index in [0.29, 0.717) is 29.8 Å². The van der Waals surface area contributed by atoms with Crippen molar-refractivity contribution in [2.45, 2.75) is 25.0 Å². The van der Waals surface area contributed by atoms with Gasteiger partial charge in [-0.15, -0.1) is 0 Å². The molecule has 2 atom stereocenters. The zero-order chi connectivity index (χ0) is 25.9. The lowest BCUT2D eigenvalue weighted by atomic mass is 9.99. The van der Waals surface area contributed by atoms with E-state index in [1.54, 1.807) is 48.5 Å². The number of anilines is 1. The average Bonchev–Trinajstić information content (AvgIpc) is 2.86. The summed E-state index contributed by atoms with van der Waals surface area (Å²) in [6, 6.07) is 20.7. The van der Waals surface area contributed by atoms with Crippen LogP contribution in [-0.4, -0.2) is 35.5 Å². The van der Waals surface area contributed by atoms with Gasteiger partial charge in [-0.3, -0.25) is 5.32 Å². The maximum atomic E-state index is 12.9. The number of phenolic OH excluding ortho intramolecular Hbond substituents is 1. The summed E-state index contributed by atoms with van der Waals surface area (Å²) in [5.74, 6) is -0.371. The van der Waals surface area contributed by atoms with E-state index in [2.05, 4.69) is 21.2 Å². The number of hydrogen-bond donors (Lipinski definition) is 3. The summed E-state index contributed by atoms with van der Waals surface area (Å²) in [4.78, 5) is 23.8. The number of phenols is 1. The van der Waals surface area contributed by atoms with E-state index in [-0.39, 0.29) is 11.5 Å². The van der Waals surface area contributed by atoms with Gasteiger partial charge in [0.15, 0.2) is 17.6 Å². The number of aromatic hydroxyl groups is 1. The number of benzene rings is 3. The van der Waals surface area contributed by atoms with E-state index < -0.39 is 24.3 Å². The van der Waals surface area contributed by atoms with Gasteiger partial charge < -0.3 is 24.4 Å². The van der Waals surface area contributed by atoms with Crippen molar-refractivity contribution in [3.8, 4) is 17.2 Å². The van der Waals surface area contributed by atoms with Gasteiger partial charge in [0.05, 0.1) is 7.11 Å². The average molecular weight is 556 g/mol. The molecule has 0 saturated carbocycles. The first-order valence-corrected chi connectivity index (χ1v) is 11.9. The number of amides is 1. The van der Waals surface area contributed by atoms with Gasteiger partial charge in [0.1, 0.15) is 11.9 Å². The first-order valence-electron chi connectivity index (χ1n) is 11.1. The lowest BCUT2D eigenvalue weighted by molar-refractivity contribution is -0.131. The van der Waals surface area contributed by atoms with Crippen LogP contribution in [0.2, 0.25) is 0 Å². The molecule has 3 N–H and O–H groups in total. The molecule has 0 aromatic heterocycles. The number of aliphatic carboxylic acids is 1. The number of allylic oxidation sites excluding steroid dienone is 1. The molecule has 36 heavy (non-hydrogen) atoms. The Labute approximate surface area is 217 Å². The molecule has 0 radical (unpaired) electrons. The molecule has 0 heterocycles. The predicted octanol–water partition coefficient (Wildman–Crippen LogP) is 6.32. The second kappa shape index (κ2) is 13.2. The minimum absolute atomic E-state index is 0.124. The van der Waals surface area contributed by atoms with Crippen LogP contribution in [0.15, 0.2) is 89.4 Å². The Bertz CT molecular complexity index is 1180. The van der Waals surface area contributed by atoms with Crippen LogP contribution in [0, 0.1) is 0 Å². The largest absolute Gasteiger partial charge is 0.504 e.